The van der Waals surface area contributed by atoms with Gasteiger partial charge in [0.15, 0.2) is 0 Å². The molecule has 1 atom stereocenters. The highest BCUT2D eigenvalue weighted by atomic mass is 35.5. The predicted molar refractivity (Wildman–Crippen MR) is 123 cm³/mol. The summed E-state index contributed by atoms with van der Waals surface area (Å²) in [5.74, 6) is -0.00638. The van der Waals surface area contributed by atoms with Crippen molar-refractivity contribution in [2.75, 3.05) is 39.3 Å². The Kier molecular flexibility index (Phi) is 7.09. The third kappa shape index (κ3) is 5.29. The summed E-state index contributed by atoms with van der Waals surface area (Å²) in [5.41, 5.74) is 2.45. The van der Waals surface area contributed by atoms with Crippen LogP contribution in [0.5, 0.6) is 0 Å². The molecule has 2 aromatic carbocycles. The van der Waals surface area contributed by atoms with Gasteiger partial charge in [0, 0.05) is 56.4 Å². The molecule has 32 heavy (non-hydrogen) atoms. The van der Waals surface area contributed by atoms with Gasteiger partial charge in [-0.2, -0.15) is 5.26 Å². The van der Waals surface area contributed by atoms with Gasteiger partial charge in [0.25, 0.3) is 5.91 Å². The summed E-state index contributed by atoms with van der Waals surface area (Å²) < 4.78 is 0. The first-order valence-electron chi connectivity index (χ1n) is 11.1. The van der Waals surface area contributed by atoms with Crippen LogP contribution in [0.4, 0.5) is 0 Å². The smallest absolute Gasteiger partial charge is 0.253 e. The van der Waals surface area contributed by atoms with Gasteiger partial charge in [-0.25, -0.2) is 0 Å². The van der Waals surface area contributed by atoms with Crippen LogP contribution in [0.25, 0.3) is 0 Å². The molecule has 0 spiro atoms. The quantitative estimate of drug-likeness (QED) is 0.715. The van der Waals surface area contributed by atoms with E-state index in [1.165, 1.54) is 5.56 Å². The minimum absolute atomic E-state index is 0.0357. The second-order valence-corrected chi connectivity index (χ2v) is 8.94. The van der Waals surface area contributed by atoms with Gasteiger partial charge in [-0.3, -0.25) is 14.5 Å². The maximum absolute atomic E-state index is 13.2. The lowest BCUT2D eigenvalue weighted by Crippen LogP contribution is -2.52. The molecule has 2 saturated heterocycles. The summed E-state index contributed by atoms with van der Waals surface area (Å²) in [6, 6.07) is 16.7. The Morgan fingerprint density at radius 3 is 2.28 bits per heavy atom. The number of piperazine rings is 1. The van der Waals surface area contributed by atoms with Crippen molar-refractivity contribution >= 4 is 23.4 Å². The van der Waals surface area contributed by atoms with Gasteiger partial charge in [0.05, 0.1) is 17.6 Å². The van der Waals surface area contributed by atoms with Gasteiger partial charge < -0.3 is 9.80 Å². The van der Waals surface area contributed by atoms with Crippen molar-refractivity contribution in [1.29, 1.82) is 5.26 Å². The number of nitrogens with zero attached hydrogens (tertiary/aromatic N) is 4. The molecular formula is C25H27ClN4O2. The highest BCUT2D eigenvalue weighted by Crippen LogP contribution is 2.22. The molecule has 4 rings (SSSR count). The fraction of sp³-hybridized carbons (Fsp3) is 0.400. The fourth-order valence-corrected chi connectivity index (χ4v) is 4.59. The van der Waals surface area contributed by atoms with Gasteiger partial charge in [0.2, 0.25) is 5.91 Å². The fourth-order valence-electron chi connectivity index (χ4n) is 4.47. The Bertz CT molecular complexity index is 992. The molecule has 2 aromatic rings. The molecule has 6 nitrogen and oxygen atoms in total. The number of hydrogen-bond acceptors (Lipinski definition) is 4. The summed E-state index contributed by atoms with van der Waals surface area (Å²) in [5, 5.41) is 9.53. The van der Waals surface area contributed by atoms with Crippen LogP contribution in [0, 0.1) is 17.2 Å². The van der Waals surface area contributed by atoms with E-state index in [2.05, 4.69) is 11.0 Å². The lowest BCUT2D eigenvalue weighted by molar-refractivity contribution is -0.138. The van der Waals surface area contributed by atoms with Gasteiger partial charge in [-0.05, 0) is 54.8 Å². The van der Waals surface area contributed by atoms with E-state index in [4.69, 9.17) is 16.9 Å². The molecule has 0 N–H and O–H groups in total. The minimum Gasteiger partial charge on any atom is -0.340 e. The van der Waals surface area contributed by atoms with E-state index in [1.54, 1.807) is 29.2 Å². The third-order valence-corrected chi connectivity index (χ3v) is 6.57. The second kappa shape index (κ2) is 10.2. The molecular weight excluding hydrogens is 424 g/mol. The number of hydrogen-bond donors (Lipinski definition) is 0. The molecule has 2 amide bonds. The Hall–Kier alpha value is -2.88. The number of carbonyl (C=O) groups is 2. The van der Waals surface area contributed by atoms with Crippen molar-refractivity contribution in [3.05, 3.63) is 70.2 Å². The average molecular weight is 451 g/mol. The highest BCUT2D eigenvalue weighted by molar-refractivity contribution is 6.30. The van der Waals surface area contributed by atoms with Gasteiger partial charge in [0.1, 0.15) is 0 Å². The zero-order chi connectivity index (χ0) is 22.5. The van der Waals surface area contributed by atoms with Crippen molar-refractivity contribution in [2.24, 2.45) is 5.92 Å². The molecule has 2 aliphatic heterocycles. The van der Waals surface area contributed by atoms with E-state index in [0.29, 0.717) is 42.3 Å². The number of benzene rings is 2. The monoisotopic (exact) mass is 450 g/mol. The lowest BCUT2D eigenvalue weighted by atomic mass is 9.95. The molecule has 7 heteroatoms. The van der Waals surface area contributed by atoms with Gasteiger partial charge >= 0.3 is 0 Å². The maximum Gasteiger partial charge on any atom is 0.253 e. The Morgan fingerprint density at radius 2 is 1.62 bits per heavy atom. The van der Waals surface area contributed by atoms with Crippen LogP contribution in [-0.4, -0.2) is 65.8 Å². The van der Waals surface area contributed by atoms with Gasteiger partial charge in [-0.15, -0.1) is 0 Å². The minimum atomic E-state index is -0.134. The summed E-state index contributed by atoms with van der Waals surface area (Å²) in [4.78, 5) is 32.1. The molecule has 0 radical (unpaired) electrons. The molecule has 2 heterocycles. The zero-order valence-corrected chi connectivity index (χ0v) is 18.8. The first-order chi connectivity index (χ1) is 15.5. The number of rotatable bonds is 4. The van der Waals surface area contributed by atoms with Crippen LogP contribution in [-0.2, 0) is 11.3 Å². The molecule has 0 bridgehead atoms. The van der Waals surface area contributed by atoms with Crippen LogP contribution in [0.2, 0.25) is 5.02 Å². The average Bonchev–Trinajstić information content (AvgIpc) is 2.85. The third-order valence-electron chi connectivity index (χ3n) is 6.32. The van der Waals surface area contributed by atoms with E-state index in [0.717, 1.165) is 32.5 Å². The predicted octanol–water partition coefficient (Wildman–Crippen LogP) is 3.41. The lowest BCUT2D eigenvalue weighted by Gasteiger charge is -2.39. The van der Waals surface area contributed by atoms with Crippen LogP contribution in [0.15, 0.2) is 48.5 Å². The molecule has 0 unspecified atom stereocenters. The summed E-state index contributed by atoms with van der Waals surface area (Å²) in [6.45, 7) is 5.04. The van der Waals surface area contributed by atoms with Crippen molar-refractivity contribution in [3.8, 4) is 6.07 Å². The zero-order valence-electron chi connectivity index (χ0n) is 18.0. The molecule has 0 aromatic heterocycles. The first kappa shape index (κ1) is 22.3. The van der Waals surface area contributed by atoms with Crippen molar-refractivity contribution in [1.82, 2.24) is 14.7 Å². The van der Waals surface area contributed by atoms with Gasteiger partial charge in [-0.1, -0.05) is 23.7 Å². The number of halogens is 1. The Morgan fingerprint density at radius 1 is 0.938 bits per heavy atom. The van der Waals surface area contributed by atoms with Crippen molar-refractivity contribution < 1.29 is 9.59 Å². The SMILES string of the molecule is N#Cc1ccc(CN2CCN(C(=O)[C@H]3CCCN(C(=O)c4ccc(Cl)cc4)C3)CC2)cc1. The van der Waals surface area contributed by atoms with Crippen LogP contribution < -0.4 is 0 Å². The molecule has 0 saturated carbocycles. The normalized spacial score (nSPS) is 19.4. The van der Waals surface area contributed by atoms with E-state index in [9.17, 15) is 9.59 Å². The molecule has 2 aliphatic rings. The largest absolute Gasteiger partial charge is 0.340 e. The highest BCUT2D eigenvalue weighted by Gasteiger charge is 2.32. The maximum atomic E-state index is 13.2. The second-order valence-electron chi connectivity index (χ2n) is 8.51. The Labute approximate surface area is 194 Å². The molecule has 2 fully saturated rings. The van der Waals surface area contributed by atoms with Crippen molar-refractivity contribution in [3.63, 3.8) is 0 Å². The number of amides is 2. The number of piperidine rings is 1. The standard InChI is InChI=1S/C25H27ClN4O2/c26-23-9-7-21(8-10-23)24(31)30-11-1-2-22(18-30)25(32)29-14-12-28(13-15-29)17-20-5-3-19(16-27)4-6-20/h3-10,22H,1-2,11-15,17-18H2/t22-/m0/s1. The van der Waals surface area contributed by atoms with E-state index in [-0.39, 0.29) is 17.7 Å². The topological polar surface area (TPSA) is 67.7 Å². The van der Waals surface area contributed by atoms with E-state index < -0.39 is 0 Å². The first-order valence-corrected chi connectivity index (χ1v) is 11.5. The summed E-state index contributed by atoms with van der Waals surface area (Å²) in [6.07, 6.45) is 1.67. The molecule has 0 aliphatic carbocycles. The van der Waals surface area contributed by atoms with E-state index in [1.807, 2.05) is 29.2 Å². The molecule has 166 valence electrons. The van der Waals surface area contributed by atoms with E-state index >= 15 is 0 Å². The number of likely N-dealkylation sites (tertiary alicyclic amines) is 1. The van der Waals surface area contributed by atoms with Crippen LogP contribution in [0.1, 0.15) is 34.3 Å². The van der Waals surface area contributed by atoms with Crippen LogP contribution in [0.3, 0.4) is 0 Å². The summed E-state index contributed by atoms with van der Waals surface area (Å²) >= 11 is 5.93. The summed E-state index contributed by atoms with van der Waals surface area (Å²) in [7, 11) is 0. The van der Waals surface area contributed by atoms with Crippen LogP contribution >= 0.6 is 11.6 Å². The number of nitriles is 1. The van der Waals surface area contributed by atoms with Crippen molar-refractivity contribution in [2.45, 2.75) is 19.4 Å². The Balaban J connectivity index is 1.29. The number of carbonyl (C=O) groups excluding carboxylic acids is 2.